The molecular weight excluding hydrogens is 337 g/mol. The number of carbonyl (C=O) groups is 1. The van der Waals surface area contributed by atoms with Crippen LogP contribution in [0.25, 0.3) is 10.9 Å². The summed E-state index contributed by atoms with van der Waals surface area (Å²) in [4.78, 5) is 25.9. The minimum Gasteiger partial charge on any atom is -0.477 e. The van der Waals surface area contributed by atoms with Gasteiger partial charge >= 0.3 is 5.97 Å². The molecule has 140 valence electrons. The molecule has 0 radical (unpaired) electrons. The van der Waals surface area contributed by atoms with E-state index in [4.69, 9.17) is 0 Å². The number of likely N-dealkylation sites (N-methyl/N-ethyl adjacent to an activating group) is 1. The fourth-order valence-electron chi connectivity index (χ4n) is 3.52. The molecule has 2 unspecified atom stereocenters. The van der Waals surface area contributed by atoms with E-state index in [1.807, 2.05) is 39.6 Å². The Balaban J connectivity index is 2.28. The van der Waals surface area contributed by atoms with Gasteiger partial charge in [0.25, 0.3) is 0 Å². The smallest absolute Gasteiger partial charge is 0.341 e. The molecule has 0 bridgehead atoms. The van der Waals surface area contributed by atoms with Crippen LogP contribution in [-0.4, -0.2) is 41.3 Å². The molecule has 2 N–H and O–H groups in total. The predicted molar refractivity (Wildman–Crippen MR) is 99.8 cm³/mol. The molecule has 26 heavy (non-hydrogen) atoms. The number of halogens is 1. The molecule has 6 nitrogen and oxygen atoms in total. The van der Waals surface area contributed by atoms with Crippen molar-refractivity contribution in [3.63, 3.8) is 0 Å². The highest BCUT2D eigenvalue weighted by atomic mass is 19.1. The van der Waals surface area contributed by atoms with Crippen molar-refractivity contribution < 1.29 is 14.3 Å². The van der Waals surface area contributed by atoms with Crippen LogP contribution in [0, 0.1) is 5.82 Å². The van der Waals surface area contributed by atoms with Crippen molar-refractivity contribution in [2.75, 3.05) is 18.5 Å². The summed E-state index contributed by atoms with van der Waals surface area (Å²) in [5.74, 6) is -1.83. The van der Waals surface area contributed by atoms with E-state index >= 15 is 0 Å². The Morgan fingerprint density at radius 2 is 2.00 bits per heavy atom. The molecule has 1 aliphatic heterocycles. The molecule has 1 fully saturated rings. The molecule has 1 aromatic heterocycles. The molecule has 3 rings (SSSR count). The Hall–Kier alpha value is -2.41. The van der Waals surface area contributed by atoms with Crippen LogP contribution in [0.1, 0.15) is 38.1 Å². The van der Waals surface area contributed by atoms with E-state index in [0.717, 1.165) is 0 Å². The second kappa shape index (κ2) is 6.09. The Morgan fingerprint density at radius 1 is 1.35 bits per heavy atom. The fourth-order valence-corrected chi connectivity index (χ4v) is 3.52. The number of pyridine rings is 1. The van der Waals surface area contributed by atoms with Gasteiger partial charge in [0.05, 0.1) is 11.2 Å². The van der Waals surface area contributed by atoms with E-state index in [2.05, 4.69) is 5.32 Å². The predicted octanol–water partition coefficient (Wildman–Crippen LogP) is 2.39. The second-order valence-corrected chi connectivity index (χ2v) is 7.83. The maximum Gasteiger partial charge on any atom is 0.341 e. The van der Waals surface area contributed by atoms with Crippen LogP contribution in [-0.2, 0) is 5.54 Å². The Bertz CT molecular complexity index is 946. The second-order valence-electron chi connectivity index (χ2n) is 7.83. The van der Waals surface area contributed by atoms with Crippen molar-refractivity contribution in [3.8, 4) is 0 Å². The van der Waals surface area contributed by atoms with Crippen molar-refractivity contribution in [2.24, 2.45) is 0 Å². The van der Waals surface area contributed by atoms with Gasteiger partial charge in [0.2, 0.25) is 5.43 Å². The SMILES string of the molecule is CNC1CN(c2cc3c(cc2F)c(=O)c(C(=O)O)cn3C(C)(C)C)C1C. The van der Waals surface area contributed by atoms with Crippen LogP contribution in [0.4, 0.5) is 10.1 Å². The van der Waals surface area contributed by atoms with Gasteiger partial charge in [-0.1, -0.05) is 0 Å². The number of rotatable bonds is 3. The fraction of sp³-hybridized carbons (Fsp3) is 0.474. The Morgan fingerprint density at radius 3 is 2.50 bits per heavy atom. The van der Waals surface area contributed by atoms with E-state index in [1.165, 1.54) is 12.3 Å². The molecule has 0 aliphatic carbocycles. The van der Waals surface area contributed by atoms with E-state index in [-0.39, 0.29) is 23.0 Å². The van der Waals surface area contributed by atoms with Crippen molar-refractivity contribution in [2.45, 2.75) is 45.3 Å². The number of hydrogen-bond acceptors (Lipinski definition) is 4. The summed E-state index contributed by atoms with van der Waals surface area (Å²) < 4.78 is 16.5. The first-order chi connectivity index (χ1) is 12.1. The zero-order valence-corrected chi connectivity index (χ0v) is 15.6. The first kappa shape index (κ1) is 18.4. The summed E-state index contributed by atoms with van der Waals surface area (Å²) in [6.07, 6.45) is 1.35. The number of fused-ring (bicyclic) bond motifs is 1. The number of hydrogen-bond donors (Lipinski definition) is 2. The number of aromatic nitrogens is 1. The van der Waals surface area contributed by atoms with Crippen LogP contribution in [0.5, 0.6) is 0 Å². The molecule has 2 atom stereocenters. The largest absolute Gasteiger partial charge is 0.477 e. The minimum atomic E-state index is -1.31. The molecule has 1 aromatic carbocycles. The molecule has 2 aromatic rings. The first-order valence-electron chi connectivity index (χ1n) is 8.63. The molecule has 1 aliphatic rings. The van der Waals surface area contributed by atoms with Gasteiger partial charge in [-0.2, -0.15) is 0 Å². The number of nitrogens with zero attached hydrogens (tertiary/aromatic N) is 2. The third-order valence-corrected chi connectivity index (χ3v) is 5.17. The summed E-state index contributed by atoms with van der Waals surface area (Å²) in [5.41, 5.74) is -0.532. The zero-order valence-electron chi connectivity index (χ0n) is 15.6. The summed E-state index contributed by atoms with van der Waals surface area (Å²) in [5, 5.41) is 12.6. The standard InChI is InChI=1S/C19H24FN3O3/c1-10-14(21-5)9-22(10)16-7-15-11(6-13(16)20)17(24)12(18(25)26)8-23(15)19(2,3)4/h6-8,10,14,21H,9H2,1-5H3,(H,25,26). The van der Waals surface area contributed by atoms with Gasteiger partial charge in [-0.25, -0.2) is 9.18 Å². The van der Waals surface area contributed by atoms with Crippen molar-refractivity contribution in [1.29, 1.82) is 0 Å². The molecular formula is C19H24FN3O3. The molecule has 0 amide bonds. The van der Waals surface area contributed by atoms with E-state index in [9.17, 15) is 19.1 Å². The van der Waals surface area contributed by atoms with Gasteiger partial charge in [-0.05, 0) is 46.9 Å². The molecule has 2 heterocycles. The van der Waals surface area contributed by atoms with Gasteiger partial charge in [0.1, 0.15) is 11.4 Å². The minimum absolute atomic E-state index is 0.0828. The third kappa shape index (κ3) is 2.76. The van der Waals surface area contributed by atoms with Gasteiger partial charge in [-0.3, -0.25) is 4.79 Å². The molecule has 0 saturated carbocycles. The number of benzene rings is 1. The maximum atomic E-state index is 14.8. The third-order valence-electron chi connectivity index (χ3n) is 5.17. The van der Waals surface area contributed by atoms with Gasteiger partial charge < -0.3 is 19.9 Å². The number of anilines is 1. The zero-order chi connectivity index (χ0) is 19.4. The highest BCUT2D eigenvalue weighted by Gasteiger charge is 2.36. The highest BCUT2D eigenvalue weighted by Crippen LogP contribution is 2.33. The first-order valence-corrected chi connectivity index (χ1v) is 8.63. The van der Waals surface area contributed by atoms with Crippen LogP contribution in [0.3, 0.4) is 0 Å². The van der Waals surface area contributed by atoms with Crippen LogP contribution >= 0.6 is 0 Å². The number of carboxylic acids is 1. The van der Waals surface area contributed by atoms with E-state index in [0.29, 0.717) is 17.7 Å². The lowest BCUT2D eigenvalue weighted by molar-refractivity contribution is 0.0694. The maximum absolute atomic E-state index is 14.8. The quantitative estimate of drug-likeness (QED) is 0.878. The Kier molecular flexibility index (Phi) is 4.30. The summed E-state index contributed by atoms with van der Waals surface area (Å²) in [6.45, 7) is 8.42. The number of nitrogens with one attached hydrogen (secondary N) is 1. The molecule has 1 saturated heterocycles. The average molecular weight is 361 g/mol. The lowest BCUT2D eigenvalue weighted by Gasteiger charge is -2.48. The van der Waals surface area contributed by atoms with Gasteiger partial charge in [0.15, 0.2) is 0 Å². The van der Waals surface area contributed by atoms with Crippen molar-refractivity contribution in [1.82, 2.24) is 9.88 Å². The topological polar surface area (TPSA) is 74.6 Å². The van der Waals surface area contributed by atoms with Gasteiger partial charge in [0, 0.05) is 35.8 Å². The molecule has 7 heteroatoms. The Labute approximate surface area is 151 Å². The van der Waals surface area contributed by atoms with E-state index < -0.39 is 22.8 Å². The number of aromatic carboxylic acids is 1. The van der Waals surface area contributed by atoms with Crippen LogP contribution < -0.4 is 15.6 Å². The number of carboxylic acid groups (broad SMARTS) is 1. The summed E-state index contributed by atoms with van der Waals surface area (Å²) in [7, 11) is 1.87. The summed E-state index contributed by atoms with van der Waals surface area (Å²) in [6, 6.07) is 3.23. The normalized spacial score (nSPS) is 20.3. The van der Waals surface area contributed by atoms with Crippen molar-refractivity contribution in [3.05, 3.63) is 39.9 Å². The highest BCUT2D eigenvalue weighted by molar-refractivity contribution is 5.93. The summed E-state index contributed by atoms with van der Waals surface area (Å²) >= 11 is 0. The van der Waals surface area contributed by atoms with Crippen LogP contribution in [0.2, 0.25) is 0 Å². The van der Waals surface area contributed by atoms with Gasteiger partial charge in [-0.15, -0.1) is 0 Å². The van der Waals surface area contributed by atoms with E-state index in [1.54, 1.807) is 10.6 Å². The molecule has 0 spiro atoms. The van der Waals surface area contributed by atoms with Crippen LogP contribution in [0.15, 0.2) is 23.1 Å². The monoisotopic (exact) mass is 361 g/mol. The van der Waals surface area contributed by atoms with Crippen molar-refractivity contribution >= 4 is 22.6 Å². The lowest BCUT2D eigenvalue weighted by atomic mass is 9.96. The lowest BCUT2D eigenvalue weighted by Crippen LogP contribution is -2.64. The average Bonchev–Trinajstić information content (AvgIpc) is 2.53.